The summed E-state index contributed by atoms with van der Waals surface area (Å²) in [6, 6.07) is 7.18. The maximum absolute atomic E-state index is 13.2. The summed E-state index contributed by atoms with van der Waals surface area (Å²) in [5, 5.41) is 7.22. The first-order chi connectivity index (χ1) is 19.3. The molecule has 0 aliphatic carbocycles. The van der Waals surface area contributed by atoms with E-state index >= 15 is 0 Å². The molecule has 2 aromatic heterocycles. The Bertz CT molecular complexity index is 1410. The molecule has 41 heavy (non-hydrogen) atoms. The molecule has 8 nitrogen and oxygen atoms in total. The molecule has 0 saturated carbocycles. The van der Waals surface area contributed by atoms with Crippen molar-refractivity contribution in [3.05, 3.63) is 63.4 Å². The molecule has 0 N–H and O–H groups in total. The molecular formula is C29H35F3N6O2S. The fourth-order valence-electron chi connectivity index (χ4n) is 5.31. The number of halogens is 3. The minimum absolute atomic E-state index is 0.0202. The van der Waals surface area contributed by atoms with E-state index in [0.717, 1.165) is 35.7 Å². The van der Waals surface area contributed by atoms with Gasteiger partial charge in [-0.3, -0.25) is 14.3 Å². The van der Waals surface area contributed by atoms with Crippen LogP contribution < -0.4 is 4.90 Å². The Morgan fingerprint density at radius 2 is 1.59 bits per heavy atom. The summed E-state index contributed by atoms with van der Waals surface area (Å²) < 4.78 is 41.0. The Morgan fingerprint density at radius 1 is 0.927 bits per heavy atom. The highest BCUT2D eigenvalue weighted by atomic mass is 32.1. The number of likely N-dealkylation sites (tertiary alicyclic amines) is 1. The van der Waals surface area contributed by atoms with Crippen LogP contribution in [0.15, 0.2) is 35.7 Å². The number of alkyl halides is 3. The minimum atomic E-state index is -4.39. The second kappa shape index (κ2) is 11.1. The highest BCUT2D eigenvalue weighted by Gasteiger charge is 2.33. The summed E-state index contributed by atoms with van der Waals surface area (Å²) in [4.78, 5) is 36.5. The van der Waals surface area contributed by atoms with Crippen molar-refractivity contribution in [2.24, 2.45) is 7.05 Å². The highest BCUT2D eigenvalue weighted by Crippen LogP contribution is 2.33. The molecule has 2 aliphatic rings. The van der Waals surface area contributed by atoms with Crippen molar-refractivity contribution >= 4 is 28.8 Å². The smallest absolute Gasteiger partial charge is 0.368 e. The average molecular weight is 589 g/mol. The summed E-state index contributed by atoms with van der Waals surface area (Å²) in [7, 11) is 1.80. The van der Waals surface area contributed by atoms with Crippen LogP contribution in [0.2, 0.25) is 0 Å². The minimum Gasteiger partial charge on any atom is -0.368 e. The van der Waals surface area contributed by atoms with Gasteiger partial charge in [0.15, 0.2) is 0 Å². The SMILES string of the molecule is Cn1nc(C(C)(C)C)cc1C(=O)N1CCC(c2nc(C(=O)N3CCN(c4cccc(C(F)(F)F)c4)CC3)cs2)CC1. The average Bonchev–Trinajstić information content (AvgIpc) is 3.59. The molecule has 0 bridgehead atoms. The molecule has 0 radical (unpaired) electrons. The van der Waals surface area contributed by atoms with Gasteiger partial charge in [0, 0.05) is 68.7 Å². The highest BCUT2D eigenvalue weighted by molar-refractivity contribution is 7.09. The molecule has 1 aromatic carbocycles. The fourth-order valence-corrected chi connectivity index (χ4v) is 6.27. The predicted octanol–water partition coefficient (Wildman–Crippen LogP) is 5.18. The number of benzene rings is 1. The second-order valence-corrected chi connectivity index (χ2v) is 12.6. The van der Waals surface area contributed by atoms with Crippen molar-refractivity contribution in [2.45, 2.75) is 51.1 Å². The summed E-state index contributed by atoms with van der Waals surface area (Å²) in [6.07, 6.45) is -2.85. The Labute approximate surface area is 241 Å². The third kappa shape index (κ3) is 6.27. The standard InChI is InChI=1S/C29H35F3N6O2S/c1-28(2,3)24-17-23(35(4)34-24)27(40)37-10-8-19(9-11-37)25-33-22(18-41-25)26(39)38-14-12-36(13-15-38)21-7-5-6-20(16-21)29(30,31)32/h5-7,16-19H,8-15H2,1-4H3. The molecule has 3 aromatic rings. The molecule has 0 atom stereocenters. The van der Waals surface area contributed by atoms with Crippen molar-refractivity contribution in [1.82, 2.24) is 24.6 Å². The molecule has 2 amide bonds. The topological polar surface area (TPSA) is 74.6 Å². The van der Waals surface area contributed by atoms with E-state index in [0.29, 0.717) is 56.3 Å². The Kier molecular flexibility index (Phi) is 7.88. The number of carbonyl (C=O) groups excluding carboxylic acids is 2. The van der Waals surface area contributed by atoms with Crippen molar-refractivity contribution in [2.75, 3.05) is 44.2 Å². The number of rotatable bonds is 4. The van der Waals surface area contributed by atoms with Gasteiger partial charge >= 0.3 is 6.18 Å². The van der Waals surface area contributed by atoms with Gasteiger partial charge in [0.1, 0.15) is 11.4 Å². The first kappa shape index (κ1) is 29.1. The van der Waals surface area contributed by atoms with Crippen LogP contribution in [0.1, 0.15) is 76.8 Å². The number of thiazole rings is 1. The maximum Gasteiger partial charge on any atom is 0.416 e. The predicted molar refractivity (Wildman–Crippen MR) is 151 cm³/mol. The van der Waals surface area contributed by atoms with Crippen LogP contribution in [0.25, 0.3) is 0 Å². The monoisotopic (exact) mass is 588 g/mol. The summed E-state index contributed by atoms with van der Waals surface area (Å²) in [6.45, 7) is 9.16. The maximum atomic E-state index is 13.2. The van der Waals surface area contributed by atoms with Gasteiger partial charge in [0.05, 0.1) is 16.3 Å². The lowest BCUT2D eigenvalue weighted by Gasteiger charge is -2.36. The van der Waals surface area contributed by atoms with E-state index in [1.54, 1.807) is 28.1 Å². The van der Waals surface area contributed by atoms with E-state index in [1.807, 2.05) is 15.9 Å². The number of aryl methyl sites for hydroxylation is 1. The van der Waals surface area contributed by atoms with Crippen LogP contribution in [0, 0.1) is 0 Å². The number of hydrogen-bond donors (Lipinski definition) is 0. The van der Waals surface area contributed by atoms with Gasteiger partial charge in [-0.1, -0.05) is 26.8 Å². The van der Waals surface area contributed by atoms with E-state index in [2.05, 4.69) is 30.9 Å². The van der Waals surface area contributed by atoms with Gasteiger partial charge in [0.2, 0.25) is 0 Å². The lowest BCUT2D eigenvalue weighted by Crippen LogP contribution is -2.49. The normalized spacial score (nSPS) is 17.3. The molecule has 12 heteroatoms. The number of amides is 2. The fraction of sp³-hybridized carbons (Fsp3) is 0.517. The molecule has 2 fully saturated rings. The zero-order valence-electron chi connectivity index (χ0n) is 23.7. The largest absolute Gasteiger partial charge is 0.416 e. The number of piperazine rings is 1. The van der Waals surface area contributed by atoms with Crippen molar-refractivity contribution in [3.8, 4) is 0 Å². The Hall–Kier alpha value is -3.41. The third-order valence-corrected chi connectivity index (χ3v) is 8.85. The lowest BCUT2D eigenvalue weighted by molar-refractivity contribution is -0.137. The second-order valence-electron chi connectivity index (χ2n) is 11.8. The van der Waals surface area contributed by atoms with Crippen molar-refractivity contribution < 1.29 is 22.8 Å². The van der Waals surface area contributed by atoms with Gasteiger partial charge in [-0.2, -0.15) is 18.3 Å². The van der Waals surface area contributed by atoms with Crippen LogP contribution in [-0.2, 0) is 18.6 Å². The summed E-state index contributed by atoms with van der Waals surface area (Å²) >= 11 is 1.47. The zero-order chi connectivity index (χ0) is 29.5. The zero-order valence-corrected chi connectivity index (χ0v) is 24.6. The molecule has 220 valence electrons. The van der Waals surface area contributed by atoms with E-state index in [4.69, 9.17) is 0 Å². The number of anilines is 1. The molecule has 2 saturated heterocycles. The van der Waals surface area contributed by atoms with E-state index < -0.39 is 11.7 Å². The van der Waals surface area contributed by atoms with Gasteiger partial charge in [-0.25, -0.2) is 4.98 Å². The molecule has 0 unspecified atom stereocenters. The van der Waals surface area contributed by atoms with Crippen LogP contribution in [-0.4, -0.2) is 75.6 Å². The number of aromatic nitrogens is 3. The number of nitrogens with zero attached hydrogens (tertiary/aromatic N) is 6. The van der Waals surface area contributed by atoms with Crippen LogP contribution in [0.3, 0.4) is 0 Å². The quantitative estimate of drug-likeness (QED) is 0.420. The molecule has 5 rings (SSSR count). The van der Waals surface area contributed by atoms with E-state index in [1.165, 1.54) is 17.4 Å². The van der Waals surface area contributed by atoms with Gasteiger partial charge in [-0.15, -0.1) is 11.3 Å². The molecule has 2 aliphatic heterocycles. The van der Waals surface area contributed by atoms with E-state index in [-0.39, 0.29) is 23.1 Å². The van der Waals surface area contributed by atoms with Crippen LogP contribution >= 0.6 is 11.3 Å². The van der Waals surface area contributed by atoms with Crippen LogP contribution in [0.4, 0.5) is 18.9 Å². The summed E-state index contributed by atoms with van der Waals surface area (Å²) in [5.41, 5.74) is 1.56. The van der Waals surface area contributed by atoms with Gasteiger partial charge in [0.25, 0.3) is 11.8 Å². The lowest BCUT2D eigenvalue weighted by atomic mass is 9.92. The summed E-state index contributed by atoms with van der Waals surface area (Å²) in [5.74, 6) is 0.00271. The first-order valence-corrected chi connectivity index (χ1v) is 14.7. The molecular weight excluding hydrogens is 553 g/mol. The van der Waals surface area contributed by atoms with E-state index in [9.17, 15) is 22.8 Å². The van der Waals surface area contributed by atoms with Crippen LogP contribution in [0.5, 0.6) is 0 Å². The number of hydrogen-bond acceptors (Lipinski definition) is 6. The van der Waals surface area contributed by atoms with Crippen molar-refractivity contribution in [1.29, 1.82) is 0 Å². The number of piperidine rings is 1. The van der Waals surface area contributed by atoms with Gasteiger partial charge < -0.3 is 14.7 Å². The Balaban J connectivity index is 1.15. The van der Waals surface area contributed by atoms with Crippen molar-refractivity contribution in [3.63, 3.8) is 0 Å². The number of carbonyl (C=O) groups is 2. The first-order valence-electron chi connectivity index (χ1n) is 13.8. The van der Waals surface area contributed by atoms with Gasteiger partial charge in [-0.05, 0) is 37.1 Å². The Morgan fingerprint density at radius 3 is 2.20 bits per heavy atom. The third-order valence-electron chi connectivity index (χ3n) is 7.85. The molecule has 0 spiro atoms. The molecule has 4 heterocycles.